The minimum absolute atomic E-state index is 0.0909. The Labute approximate surface area is 92.8 Å². The van der Waals surface area contributed by atoms with Gasteiger partial charge in [0.2, 0.25) is 0 Å². The molecular weight excluding hydrogens is 210 g/mol. The third-order valence-electron chi connectivity index (χ3n) is 2.53. The van der Waals surface area contributed by atoms with Crippen LogP contribution in [0.4, 0.5) is 0 Å². The van der Waals surface area contributed by atoms with E-state index in [0.29, 0.717) is 6.04 Å². The molecule has 7 heteroatoms. The Bertz CT molecular complexity index is 374. The number of hydrogen-bond donors (Lipinski definition) is 3. The van der Waals surface area contributed by atoms with E-state index in [-0.39, 0.29) is 24.2 Å². The SMILES string of the molecule is CC(CO)NC(=O)c1cn(C2CNC2)nn1. The first-order chi connectivity index (χ1) is 7.70. The quantitative estimate of drug-likeness (QED) is 0.582. The molecule has 1 aromatic rings. The van der Waals surface area contributed by atoms with E-state index in [4.69, 9.17) is 5.11 Å². The second-order valence-electron chi connectivity index (χ2n) is 3.95. The van der Waals surface area contributed by atoms with E-state index < -0.39 is 0 Å². The number of hydrogen-bond acceptors (Lipinski definition) is 5. The Morgan fingerprint density at radius 3 is 3.12 bits per heavy atom. The first-order valence-electron chi connectivity index (χ1n) is 5.25. The first kappa shape index (κ1) is 11.0. The molecule has 16 heavy (non-hydrogen) atoms. The van der Waals surface area contributed by atoms with Crippen LogP contribution in [-0.4, -0.2) is 51.7 Å². The molecule has 1 amide bonds. The minimum Gasteiger partial charge on any atom is -0.394 e. The first-order valence-corrected chi connectivity index (χ1v) is 5.25. The molecule has 1 aliphatic heterocycles. The summed E-state index contributed by atoms with van der Waals surface area (Å²) in [5.41, 5.74) is 0.284. The van der Waals surface area contributed by atoms with Crippen LogP contribution in [-0.2, 0) is 0 Å². The van der Waals surface area contributed by atoms with Gasteiger partial charge in [-0.2, -0.15) is 0 Å². The number of aliphatic hydroxyl groups excluding tert-OH is 1. The van der Waals surface area contributed by atoms with Crippen molar-refractivity contribution in [2.45, 2.75) is 19.0 Å². The topological polar surface area (TPSA) is 92.1 Å². The third-order valence-corrected chi connectivity index (χ3v) is 2.53. The standard InChI is InChI=1S/C9H15N5O2/c1-6(5-15)11-9(16)8-4-14(13-12-8)7-2-10-3-7/h4,6-7,10,15H,2-3,5H2,1H3,(H,11,16). The Kier molecular flexibility index (Phi) is 3.16. The summed E-state index contributed by atoms with van der Waals surface area (Å²) in [5, 5.41) is 22.2. The van der Waals surface area contributed by atoms with Crippen molar-refractivity contribution >= 4 is 5.91 Å². The van der Waals surface area contributed by atoms with Crippen molar-refractivity contribution in [3.8, 4) is 0 Å². The molecule has 1 unspecified atom stereocenters. The Hall–Kier alpha value is -1.47. The van der Waals surface area contributed by atoms with E-state index in [9.17, 15) is 4.79 Å². The van der Waals surface area contributed by atoms with E-state index in [1.54, 1.807) is 17.8 Å². The second-order valence-corrected chi connectivity index (χ2v) is 3.95. The number of aliphatic hydroxyl groups is 1. The van der Waals surface area contributed by atoms with Gasteiger partial charge in [-0.1, -0.05) is 5.21 Å². The monoisotopic (exact) mass is 225 g/mol. The smallest absolute Gasteiger partial charge is 0.273 e. The van der Waals surface area contributed by atoms with Crippen molar-refractivity contribution in [3.05, 3.63) is 11.9 Å². The van der Waals surface area contributed by atoms with Crippen LogP contribution in [0, 0.1) is 0 Å². The van der Waals surface area contributed by atoms with Gasteiger partial charge in [-0.3, -0.25) is 4.79 Å². The molecule has 1 atom stereocenters. The highest BCUT2D eigenvalue weighted by atomic mass is 16.3. The molecule has 1 aliphatic rings. The van der Waals surface area contributed by atoms with E-state index in [1.807, 2.05) is 0 Å². The van der Waals surface area contributed by atoms with Crippen molar-refractivity contribution in [2.75, 3.05) is 19.7 Å². The molecule has 2 heterocycles. The molecule has 0 radical (unpaired) electrons. The molecule has 1 fully saturated rings. The lowest BCUT2D eigenvalue weighted by Gasteiger charge is -2.26. The Morgan fingerprint density at radius 1 is 1.81 bits per heavy atom. The summed E-state index contributed by atoms with van der Waals surface area (Å²) in [6.07, 6.45) is 1.63. The molecule has 7 nitrogen and oxygen atoms in total. The van der Waals surface area contributed by atoms with Gasteiger partial charge < -0.3 is 15.7 Å². The van der Waals surface area contributed by atoms with Crippen LogP contribution in [0.15, 0.2) is 6.20 Å². The maximum Gasteiger partial charge on any atom is 0.273 e. The van der Waals surface area contributed by atoms with Gasteiger partial charge in [-0.05, 0) is 6.92 Å². The summed E-state index contributed by atoms with van der Waals surface area (Å²) >= 11 is 0. The highest BCUT2D eigenvalue weighted by Crippen LogP contribution is 2.09. The van der Waals surface area contributed by atoms with Gasteiger partial charge in [0.25, 0.3) is 5.91 Å². The van der Waals surface area contributed by atoms with Crippen molar-refractivity contribution in [1.29, 1.82) is 0 Å². The largest absolute Gasteiger partial charge is 0.394 e. The van der Waals surface area contributed by atoms with E-state index in [0.717, 1.165) is 13.1 Å². The fourth-order valence-electron chi connectivity index (χ4n) is 1.36. The minimum atomic E-state index is -0.305. The molecule has 3 N–H and O–H groups in total. The lowest BCUT2D eigenvalue weighted by molar-refractivity contribution is 0.0917. The second kappa shape index (κ2) is 4.58. The number of nitrogens with zero attached hydrogens (tertiary/aromatic N) is 3. The molecule has 0 spiro atoms. The Balaban J connectivity index is 1.97. The van der Waals surface area contributed by atoms with Crippen LogP contribution in [0.2, 0.25) is 0 Å². The summed E-state index contributed by atoms with van der Waals surface area (Å²) < 4.78 is 1.69. The lowest BCUT2D eigenvalue weighted by atomic mass is 10.2. The van der Waals surface area contributed by atoms with Crippen molar-refractivity contribution < 1.29 is 9.90 Å². The van der Waals surface area contributed by atoms with Gasteiger partial charge in [-0.25, -0.2) is 4.68 Å². The maximum absolute atomic E-state index is 11.6. The van der Waals surface area contributed by atoms with Crippen LogP contribution < -0.4 is 10.6 Å². The van der Waals surface area contributed by atoms with E-state index in [1.165, 1.54) is 0 Å². The van der Waals surface area contributed by atoms with Crippen LogP contribution >= 0.6 is 0 Å². The zero-order valence-corrected chi connectivity index (χ0v) is 9.05. The Morgan fingerprint density at radius 2 is 2.56 bits per heavy atom. The van der Waals surface area contributed by atoms with Crippen LogP contribution in [0.3, 0.4) is 0 Å². The lowest BCUT2D eigenvalue weighted by Crippen LogP contribution is -2.43. The number of carbonyl (C=O) groups excluding carboxylic acids is 1. The summed E-state index contributed by atoms with van der Waals surface area (Å²) in [4.78, 5) is 11.6. The average molecular weight is 225 g/mol. The summed E-state index contributed by atoms with van der Waals surface area (Å²) in [5.74, 6) is -0.305. The molecular formula is C9H15N5O2. The predicted octanol–water partition coefficient (Wildman–Crippen LogP) is -1.47. The predicted molar refractivity (Wildman–Crippen MR) is 55.9 cm³/mol. The highest BCUT2D eigenvalue weighted by Gasteiger charge is 2.21. The van der Waals surface area contributed by atoms with Crippen molar-refractivity contribution in [3.63, 3.8) is 0 Å². The van der Waals surface area contributed by atoms with Gasteiger partial charge >= 0.3 is 0 Å². The van der Waals surface area contributed by atoms with Crippen molar-refractivity contribution in [1.82, 2.24) is 25.6 Å². The van der Waals surface area contributed by atoms with Crippen molar-refractivity contribution in [2.24, 2.45) is 0 Å². The zero-order chi connectivity index (χ0) is 11.5. The molecule has 1 saturated heterocycles. The van der Waals surface area contributed by atoms with Gasteiger partial charge in [-0.15, -0.1) is 5.10 Å². The molecule has 88 valence electrons. The normalized spacial score (nSPS) is 17.9. The molecule has 0 saturated carbocycles. The number of rotatable bonds is 4. The number of carbonyl (C=O) groups is 1. The molecule has 0 aromatic carbocycles. The van der Waals surface area contributed by atoms with Gasteiger partial charge in [0, 0.05) is 19.1 Å². The third kappa shape index (κ3) is 2.20. The zero-order valence-electron chi connectivity index (χ0n) is 9.05. The molecule has 2 rings (SSSR count). The van der Waals surface area contributed by atoms with Gasteiger partial charge in [0.05, 0.1) is 18.8 Å². The maximum atomic E-state index is 11.6. The molecule has 0 bridgehead atoms. The van der Waals surface area contributed by atoms with E-state index >= 15 is 0 Å². The summed E-state index contributed by atoms with van der Waals surface area (Å²) in [6.45, 7) is 3.35. The average Bonchev–Trinajstić information content (AvgIpc) is 2.64. The van der Waals surface area contributed by atoms with E-state index in [2.05, 4.69) is 20.9 Å². The highest BCUT2D eigenvalue weighted by molar-refractivity contribution is 5.92. The molecule has 1 aromatic heterocycles. The number of amides is 1. The fraction of sp³-hybridized carbons (Fsp3) is 0.667. The summed E-state index contributed by atoms with van der Waals surface area (Å²) in [6, 6.07) is 0.0207. The number of aromatic nitrogens is 3. The van der Waals surface area contributed by atoms with Gasteiger partial charge in [0.1, 0.15) is 0 Å². The van der Waals surface area contributed by atoms with Crippen LogP contribution in [0.1, 0.15) is 23.5 Å². The van der Waals surface area contributed by atoms with Crippen LogP contribution in [0.25, 0.3) is 0 Å². The van der Waals surface area contributed by atoms with Gasteiger partial charge in [0.15, 0.2) is 5.69 Å². The molecule has 0 aliphatic carbocycles. The number of nitrogens with one attached hydrogen (secondary N) is 2. The fourth-order valence-corrected chi connectivity index (χ4v) is 1.36. The van der Waals surface area contributed by atoms with Crippen LogP contribution in [0.5, 0.6) is 0 Å². The summed E-state index contributed by atoms with van der Waals surface area (Å²) in [7, 11) is 0.